The summed E-state index contributed by atoms with van der Waals surface area (Å²) in [7, 11) is 0. The van der Waals surface area contributed by atoms with Gasteiger partial charge in [-0.3, -0.25) is 9.78 Å². The summed E-state index contributed by atoms with van der Waals surface area (Å²) in [5, 5.41) is 0. The van der Waals surface area contributed by atoms with E-state index < -0.39 is 29.6 Å². The molecule has 0 radical (unpaired) electrons. The number of aliphatic imine (C=N–C) groups is 2. The maximum absolute atomic E-state index is 14.7. The van der Waals surface area contributed by atoms with Crippen LogP contribution >= 0.6 is 0 Å². The molecule has 33 heavy (non-hydrogen) atoms. The van der Waals surface area contributed by atoms with Crippen LogP contribution in [-0.4, -0.2) is 44.7 Å². The van der Waals surface area contributed by atoms with Crippen molar-refractivity contribution in [3.8, 4) is 23.0 Å². The van der Waals surface area contributed by atoms with Crippen molar-refractivity contribution in [1.82, 2.24) is 14.9 Å². The second kappa shape index (κ2) is 7.14. The molecule has 0 bridgehead atoms. The van der Waals surface area contributed by atoms with Gasteiger partial charge in [0, 0.05) is 42.2 Å². The van der Waals surface area contributed by atoms with E-state index in [4.69, 9.17) is 0 Å². The molecule has 3 atom stereocenters. The highest BCUT2D eigenvalue weighted by Gasteiger charge is 2.71. The van der Waals surface area contributed by atoms with Crippen LogP contribution in [0.5, 0.6) is 0 Å². The molecular weight excluding hydrogens is 424 g/mol. The van der Waals surface area contributed by atoms with E-state index in [0.29, 0.717) is 16.8 Å². The third-order valence-electron chi connectivity index (χ3n) is 6.03. The average molecular weight is 439 g/mol. The van der Waals surface area contributed by atoms with E-state index in [2.05, 4.69) is 31.8 Å². The lowest BCUT2D eigenvalue weighted by Gasteiger charge is -2.26. The normalized spacial score (nSPS) is 24.5. The maximum Gasteiger partial charge on any atom is 0.278 e. The lowest BCUT2D eigenvalue weighted by Crippen LogP contribution is -2.42. The zero-order valence-electron chi connectivity index (χ0n) is 17.1. The van der Waals surface area contributed by atoms with Crippen LogP contribution < -0.4 is 0 Å². The van der Waals surface area contributed by atoms with Gasteiger partial charge in [-0.25, -0.2) is 14.4 Å². The van der Waals surface area contributed by atoms with Crippen LogP contribution in [0.1, 0.15) is 29.3 Å². The molecule has 4 heterocycles. The SMILES string of the molecule is O=C1N=C2N=CC(c3cc(-c4ccccc4C#Cc4cccnc4)cc(F)n3)N2C12CC2F. The summed E-state index contributed by atoms with van der Waals surface area (Å²) in [6, 6.07) is 13.4. The zero-order valence-corrected chi connectivity index (χ0v) is 17.1. The lowest BCUT2D eigenvalue weighted by atomic mass is 9.98. The van der Waals surface area contributed by atoms with Gasteiger partial charge in [-0.2, -0.15) is 9.38 Å². The fraction of sp³-hybridized carbons (Fsp3) is 0.160. The van der Waals surface area contributed by atoms with Crippen molar-refractivity contribution in [1.29, 1.82) is 0 Å². The molecule has 1 amide bonds. The van der Waals surface area contributed by atoms with Gasteiger partial charge in [0.2, 0.25) is 11.9 Å². The van der Waals surface area contributed by atoms with E-state index in [1.165, 1.54) is 17.2 Å². The summed E-state index contributed by atoms with van der Waals surface area (Å²) in [4.78, 5) is 30.0. The fourth-order valence-corrected chi connectivity index (χ4v) is 4.33. The van der Waals surface area contributed by atoms with Gasteiger partial charge in [-0.05, 0) is 35.4 Å². The third-order valence-corrected chi connectivity index (χ3v) is 6.03. The molecule has 1 saturated carbocycles. The summed E-state index contributed by atoms with van der Waals surface area (Å²) in [6.45, 7) is 0. The Morgan fingerprint density at radius 1 is 1.12 bits per heavy atom. The van der Waals surface area contributed by atoms with Crippen LogP contribution in [0.3, 0.4) is 0 Å². The molecule has 1 aliphatic carbocycles. The van der Waals surface area contributed by atoms with Crippen LogP contribution in [-0.2, 0) is 4.79 Å². The molecular formula is C25H15F2N5O. The number of aromatic nitrogens is 2. The number of nitrogens with zero attached hydrogens (tertiary/aromatic N) is 5. The van der Waals surface area contributed by atoms with Gasteiger partial charge in [0.25, 0.3) is 5.91 Å². The summed E-state index contributed by atoms with van der Waals surface area (Å²) in [5.41, 5.74) is 1.75. The Hall–Kier alpha value is -4.25. The number of amides is 1. The number of carbonyl (C=O) groups excluding carboxylic acids is 1. The molecule has 0 N–H and O–H groups in total. The van der Waals surface area contributed by atoms with Crippen LogP contribution in [0, 0.1) is 17.8 Å². The van der Waals surface area contributed by atoms with Crippen molar-refractivity contribution in [2.24, 2.45) is 9.98 Å². The summed E-state index contributed by atoms with van der Waals surface area (Å²) in [6.07, 6.45) is 3.59. The molecule has 160 valence electrons. The smallest absolute Gasteiger partial charge is 0.278 e. The number of hydrogen-bond acceptors (Lipinski definition) is 5. The molecule has 2 aromatic heterocycles. The zero-order chi connectivity index (χ0) is 22.6. The molecule has 1 fully saturated rings. The molecule has 3 aromatic rings. The van der Waals surface area contributed by atoms with E-state index in [0.717, 1.165) is 11.1 Å². The molecule has 8 heteroatoms. The largest absolute Gasteiger partial charge is 0.309 e. The first kappa shape index (κ1) is 19.4. The van der Waals surface area contributed by atoms with Gasteiger partial charge >= 0.3 is 0 Å². The van der Waals surface area contributed by atoms with E-state index in [1.54, 1.807) is 24.5 Å². The predicted octanol–water partition coefficient (Wildman–Crippen LogP) is 3.49. The number of fused-ring (bicyclic) bond motifs is 2. The third kappa shape index (κ3) is 3.04. The molecule has 2 aliphatic heterocycles. The van der Waals surface area contributed by atoms with Crippen LogP contribution in [0.4, 0.5) is 8.78 Å². The Balaban J connectivity index is 1.40. The van der Waals surface area contributed by atoms with Gasteiger partial charge in [-0.15, -0.1) is 0 Å². The van der Waals surface area contributed by atoms with Gasteiger partial charge in [0.05, 0.1) is 5.69 Å². The minimum atomic E-state index is -1.34. The van der Waals surface area contributed by atoms with E-state index >= 15 is 0 Å². The Labute approximate surface area is 187 Å². The first-order chi connectivity index (χ1) is 16.1. The van der Waals surface area contributed by atoms with Crippen LogP contribution in [0.15, 0.2) is 70.9 Å². The van der Waals surface area contributed by atoms with Gasteiger partial charge in [0.1, 0.15) is 12.2 Å². The van der Waals surface area contributed by atoms with Crippen molar-refractivity contribution in [2.45, 2.75) is 24.2 Å². The topological polar surface area (TPSA) is 70.8 Å². The molecule has 6 nitrogen and oxygen atoms in total. The second-order valence-corrected chi connectivity index (χ2v) is 8.05. The van der Waals surface area contributed by atoms with Crippen molar-refractivity contribution < 1.29 is 13.6 Å². The number of rotatable bonds is 2. The van der Waals surface area contributed by atoms with Gasteiger partial charge < -0.3 is 4.90 Å². The van der Waals surface area contributed by atoms with E-state index in [-0.39, 0.29) is 12.4 Å². The highest BCUT2D eigenvalue weighted by atomic mass is 19.1. The minimum absolute atomic E-state index is 0.0492. The van der Waals surface area contributed by atoms with Crippen molar-refractivity contribution in [3.63, 3.8) is 0 Å². The maximum atomic E-state index is 14.7. The summed E-state index contributed by atoms with van der Waals surface area (Å²) < 4.78 is 28.9. The summed E-state index contributed by atoms with van der Waals surface area (Å²) in [5.74, 6) is 5.11. The van der Waals surface area contributed by atoms with Gasteiger partial charge in [-0.1, -0.05) is 30.0 Å². The number of benzene rings is 1. The fourth-order valence-electron chi connectivity index (χ4n) is 4.33. The number of guanidine groups is 1. The first-order valence-corrected chi connectivity index (χ1v) is 10.4. The van der Waals surface area contributed by atoms with Crippen LogP contribution in [0.25, 0.3) is 11.1 Å². The molecule has 1 spiro atoms. The number of halogens is 2. The van der Waals surface area contributed by atoms with Crippen molar-refractivity contribution in [2.75, 3.05) is 0 Å². The lowest BCUT2D eigenvalue weighted by molar-refractivity contribution is -0.122. The van der Waals surface area contributed by atoms with E-state index in [9.17, 15) is 13.6 Å². The number of hydrogen-bond donors (Lipinski definition) is 0. The molecule has 0 saturated heterocycles. The number of carbonyl (C=O) groups is 1. The highest BCUT2D eigenvalue weighted by Crippen LogP contribution is 2.53. The Morgan fingerprint density at radius 2 is 1.97 bits per heavy atom. The van der Waals surface area contributed by atoms with Crippen molar-refractivity contribution in [3.05, 3.63) is 83.7 Å². The average Bonchev–Trinajstić information content (AvgIpc) is 3.20. The summed E-state index contributed by atoms with van der Waals surface area (Å²) >= 11 is 0. The standard InChI is InChI=1S/C25H15F2N5O/c26-21-12-25(21)23(33)31-24-29-14-20(32(24)25)19-10-17(11-22(27)30-19)18-6-2-1-5-16(18)8-7-15-4-3-9-28-13-15/h1-6,9-11,13-14,20-21H,12H2. The van der Waals surface area contributed by atoms with Gasteiger partial charge in [0.15, 0.2) is 5.54 Å². The molecule has 3 aliphatic rings. The Kier molecular flexibility index (Phi) is 4.20. The first-order valence-electron chi connectivity index (χ1n) is 10.4. The Morgan fingerprint density at radius 3 is 2.76 bits per heavy atom. The number of alkyl halides is 1. The monoisotopic (exact) mass is 439 g/mol. The quantitative estimate of drug-likeness (QED) is 0.453. The number of pyridine rings is 2. The minimum Gasteiger partial charge on any atom is -0.309 e. The molecule has 6 rings (SSSR count). The highest BCUT2D eigenvalue weighted by molar-refractivity contribution is 6.13. The van der Waals surface area contributed by atoms with Crippen LogP contribution in [0.2, 0.25) is 0 Å². The second-order valence-electron chi connectivity index (χ2n) is 8.05. The molecule has 3 unspecified atom stereocenters. The Bertz CT molecular complexity index is 1430. The van der Waals surface area contributed by atoms with E-state index in [1.807, 2.05) is 30.3 Å². The molecule has 1 aromatic carbocycles. The van der Waals surface area contributed by atoms with Crippen molar-refractivity contribution >= 4 is 18.1 Å². The predicted molar refractivity (Wildman–Crippen MR) is 118 cm³/mol.